The predicted molar refractivity (Wildman–Crippen MR) is 121 cm³/mol. The molecule has 4 rings (SSSR count). The monoisotopic (exact) mass is 485 g/mol. The summed E-state index contributed by atoms with van der Waals surface area (Å²) in [6, 6.07) is 13.7. The Labute approximate surface area is 196 Å². The Morgan fingerprint density at radius 1 is 1.12 bits per heavy atom. The average Bonchev–Trinajstić information content (AvgIpc) is 3.54. The first-order valence-electron chi connectivity index (χ1n) is 10.5. The number of anilines is 1. The highest BCUT2D eigenvalue weighted by atomic mass is 32.2. The number of ether oxygens (including phenoxy) is 2. The van der Waals surface area contributed by atoms with Crippen LogP contribution < -0.4 is 14.8 Å². The van der Waals surface area contributed by atoms with Crippen molar-refractivity contribution in [1.29, 1.82) is 0 Å². The number of sulfonamides is 1. The third kappa shape index (κ3) is 5.43. The second kappa shape index (κ2) is 9.65. The van der Waals surface area contributed by atoms with Gasteiger partial charge in [-0.15, -0.1) is 0 Å². The van der Waals surface area contributed by atoms with E-state index in [-0.39, 0.29) is 28.1 Å². The number of amides is 1. The lowest BCUT2D eigenvalue weighted by molar-refractivity contribution is -0.125. The molecule has 1 saturated carbocycles. The molecule has 178 valence electrons. The molecule has 1 amide bonds. The fourth-order valence-corrected chi connectivity index (χ4v) is 4.69. The molecular formula is C23H23N3O7S. The topological polar surface area (TPSA) is 137 Å². The second-order valence-corrected chi connectivity index (χ2v) is 9.45. The van der Waals surface area contributed by atoms with Gasteiger partial charge in [-0.05, 0) is 38.0 Å². The highest BCUT2D eigenvalue weighted by Gasteiger charge is 2.31. The van der Waals surface area contributed by atoms with Crippen LogP contribution in [-0.4, -0.2) is 38.6 Å². The van der Waals surface area contributed by atoms with Crippen molar-refractivity contribution in [3.05, 3.63) is 71.5 Å². The van der Waals surface area contributed by atoms with Crippen molar-refractivity contribution in [3.63, 3.8) is 0 Å². The van der Waals surface area contributed by atoms with E-state index in [0.717, 1.165) is 12.8 Å². The molecule has 0 saturated heterocycles. The molecule has 0 radical (unpaired) electrons. The second-order valence-electron chi connectivity index (χ2n) is 7.77. The van der Waals surface area contributed by atoms with Crippen molar-refractivity contribution < 1.29 is 32.0 Å². The van der Waals surface area contributed by atoms with Crippen molar-refractivity contribution in [2.75, 3.05) is 12.4 Å². The largest absolute Gasteiger partial charge is 0.495 e. The SMILES string of the molecule is COc1ccc(C(=O)O[C@H](C(=O)Nc2cc(C)on2)c2ccccc2)cc1S(=O)(=O)NC1CC1. The molecule has 1 aliphatic rings. The fourth-order valence-electron chi connectivity index (χ4n) is 3.19. The van der Waals surface area contributed by atoms with Crippen molar-refractivity contribution in [1.82, 2.24) is 9.88 Å². The van der Waals surface area contributed by atoms with Gasteiger partial charge in [0, 0.05) is 17.7 Å². The number of benzene rings is 2. The highest BCUT2D eigenvalue weighted by molar-refractivity contribution is 7.89. The van der Waals surface area contributed by atoms with Crippen LogP contribution in [0.5, 0.6) is 5.75 Å². The Morgan fingerprint density at radius 2 is 1.85 bits per heavy atom. The first-order valence-corrected chi connectivity index (χ1v) is 12.0. The van der Waals surface area contributed by atoms with Crippen LogP contribution in [-0.2, 0) is 19.6 Å². The minimum absolute atomic E-state index is 0.0528. The summed E-state index contributed by atoms with van der Waals surface area (Å²) in [5, 5.41) is 6.27. The summed E-state index contributed by atoms with van der Waals surface area (Å²) in [7, 11) is -2.57. The van der Waals surface area contributed by atoms with Crippen LogP contribution in [0.25, 0.3) is 0 Å². The molecule has 2 N–H and O–H groups in total. The zero-order valence-electron chi connectivity index (χ0n) is 18.5. The zero-order chi connectivity index (χ0) is 24.3. The van der Waals surface area contributed by atoms with Gasteiger partial charge >= 0.3 is 5.97 Å². The lowest BCUT2D eigenvalue weighted by Crippen LogP contribution is -2.27. The third-order valence-electron chi connectivity index (χ3n) is 5.03. The zero-order valence-corrected chi connectivity index (χ0v) is 19.3. The van der Waals surface area contributed by atoms with E-state index in [0.29, 0.717) is 11.3 Å². The molecule has 10 nitrogen and oxygen atoms in total. The van der Waals surface area contributed by atoms with Gasteiger partial charge in [0.05, 0.1) is 12.7 Å². The number of hydrogen-bond donors (Lipinski definition) is 2. The Balaban J connectivity index is 1.61. The van der Waals surface area contributed by atoms with Crippen LogP contribution in [0.1, 0.15) is 40.6 Å². The van der Waals surface area contributed by atoms with Gasteiger partial charge in [0.1, 0.15) is 16.4 Å². The maximum absolute atomic E-state index is 13.0. The molecule has 0 bridgehead atoms. The molecule has 0 spiro atoms. The molecule has 0 unspecified atom stereocenters. The summed E-state index contributed by atoms with van der Waals surface area (Å²) >= 11 is 0. The molecule has 2 aromatic carbocycles. The first kappa shape index (κ1) is 23.5. The van der Waals surface area contributed by atoms with E-state index < -0.39 is 28.0 Å². The molecule has 1 fully saturated rings. The normalized spacial score (nSPS) is 14.3. The minimum atomic E-state index is -3.91. The summed E-state index contributed by atoms with van der Waals surface area (Å²) in [5.74, 6) is -0.780. The van der Waals surface area contributed by atoms with Crippen LogP contribution in [0.2, 0.25) is 0 Å². The van der Waals surface area contributed by atoms with Gasteiger partial charge in [-0.3, -0.25) is 4.79 Å². The molecule has 34 heavy (non-hydrogen) atoms. The number of nitrogens with one attached hydrogen (secondary N) is 2. The number of nitrogens with zero attached hydrogens (tertiary/aromatic N) is 1. The molecule has 1 atom stereocenters. The summed E-state index contributed by atoms with van der Waals surface area (Å²) in [6.07, 6.45) is 0.183. The number of carbonyl (C=O) groups is 2. The molecule has 3 aromatic rings. The molecule has 1 aliphatic carbocycles. The Kier molecular flexibility index (Phi) is 6.66. The average molecular weight is 486 g/mol. The number of aryl methyl sites for hydroxylation is 1. The van der Waals surface area contributed by atoms with Gasteiger partial charge in [-0.25, -0.2) is 17.9 Å². The highest BCUT2D eigenvalue weighted by Crippen LogP contribution is 2.29. The Hall–Kier alpha value is -3.70. The Morgan fingerprint density at radius 3 is 2.47 bits per heavy atom. The van der Waals surface area contributed by atoms with E-state index in [2.05, 4.69) is 15.2 Å². The van der Waals surface area contributed by atoms with Crippen LogP contribution in [0.15, 0.2) is 64.0 Å². The predicted octanol–water partition coefficient (Wildman–Crippen LogP) is 2.97. The van der Waals surface area contributed by atoms with Crippen molar-refractivity contribution >= 4 is 27.7 Å². The number of rotatable bonds is 9. The van der Waals surface area contributed by atoms with Gasteiger partial charge in [0.15, 0.2) is 5.82 Å². The van der Waals surface area contributed by atoms with Crippen LogP contribution in [0.4, 0.5) is 5.82 Å². The molecule has 0 aliphatic heterocycles. The van der Waals surface area contributed by atoms with Crippen LogP contribution >= 0.6 is 0 Å². The first-order chi connectivity index (χ1) is 16.3. The summed E-state index contributed by atoms with van der Waals surface area (Å²) in [4.78, 5) is 25.8. The van der Waals surface area contributed by atoms with E-state index in [1.165, 1.54) is 31.4 Å². The van der Waals surface area contributed by atoms with E-state index in [4.69, 9.17) is 14.0 Å². The van der Waals surface area contributed by atoms with E-state index in [1.807, 2.05) is 0 Å². The quantitative estimate of drug-likeness (QED) is 0.442. The molecule has 1 heterocycles. The van der Waals surface area contributed by atoms with Crippen molar-refractivity contribution in [3.8, 4) is 5.75 Å². The van der Waals surface area contributed by atoms with Crippen LogP contribution in [0.3, 0.4) is 0 Å². The van der Waals surface area contributed by atoms with Crippen molar-refractivity contribution in [2.24, 2.45) is 0 Å². The maximum Gasteiger partial charge on any atom is 0.339 e. The number of methoxy groups -OCH3 is 1. The summed E-state index contributed by atoms with van der Waals surface area (Å²) < 4.78 is 43.8. The van der Waals surface area contributed by atoms with E-state index in [9.17, 15) is 18.0 Å². The van der Waals surface area contributed by atoms with Gasteiger partial charge in [-0.1, -0.05) is 35.5 Å². The minimum Gasteiger partial charge on any atom is -0.495 e. The van der Waals surface area contributed by atoms with Gasteiger partial charge in [0.25, 0.3) is 5.91 Å². The lowest BCUT2D eigenvalue weighted by atomic mass is 10.1. The third-order valence-corrected chi connectivity index (χ3v) is 6.57. The smallest absolute Gasteiger partial charge is 0.339 e. The number of hydrogen-bond acceptors (Lipinski definition) is 8. The van der Waals surface area contributed by atoms with Gasteiger partial charge in [-0.2, -0.15) is 0 Å². The Bertz CT molecular complexity index is 1300. The maximum atomic E-state index is 13.0. The standard InChI is InChI=1S/C23H23N3O7S/c1-14-12-20(25-33-14)24-22(27)21(15-6-4-3-5-7-15)32-23(28)16-8-11-18(31-2)19(13-16)34(29,30)26-17-9-10-17/h3-8,11-13,17,21,26H,9-10H2,1-2H3,(H,24,25,27)/t21-/m0/s1. The van der Waals surface area contributed by atoms with Crippen LogP contribution in [0, 0.1) is 6.92 Å². The lowest BCUT2D eigenvalue weighted by Gasteiger charge is -2.18. The summed E-state index contributed by atoms with van der Waals surface area (Å²) in [5.41, 5.74) is 0.369. The number of carbonyl (C=O) groups excluding carboxylic acids is 2. The van der Waals surface area contributed by atoms with E-state index in [1.54, 1.807) is 37.3 Å². The number of aromatic nitrogens is 1. The number of esters is 1. The summed E-state index contributed by atoms with van der Waals surface area (Å²) in [6.45, 7) is 1.67. The fraction of sp³-hybridized carbons (Fsp3) is 0.261. The van der Waals surface area contributed by atoms with Crippen molar-refractivity contribution in [2.45, 2.75) is 36.8 Å². The molecule has 11 heteroatoms. The van der Waals surface area contributed by atoms with Gasteiger partial charge in [0.2, 0.25) is 16.1 Å². The molecular weight excluding hydrogens is 462 g/mol. The van der Waals surface area contributed by atoms with E-state index >= 15 is 0 Å². The molecule has 1 aromatic heterocycles. The van der Waals surface area contributed by atoms with Gasteiger partial charge < -0.3 is 19.3 Å².